The molecule has 6 heteroatoms. The Balaban J connectivity index is 1.60. The van der Waals surface area contributed by atoms with E-state index in [0.29, 0.717) is 6.54 Å². The molecule has 2 N–H and O–H groups in total. The van der Waals surface area contributed by atoms with Crippen LogP contribution in [0.25, 0.3) is 0 Å². The lowest BCUT2D eigenvalue weighted by Gasteiger charge is -2.31. The van der Waals surface area contributed by atoms with Crippen molar-refractivity contribution >= 4 is 11.6 Å². The van der Waals surface area contributed by atoms with Crippen LogP contribution in [-0.4, -0.2) is 28.1 Å². The number of unbranched alkanes of at least 4 members (excludes halogenated alkanes) is 1. The molecule has 1 aromatic carbocycles. The second kappa shape index (κ2) is 8.78. The molecule has 0 aromatic heterocycles. The summed E-state index contributed by atoms with van der Waals surface area (Å²) in [5.41, 5.74) is 0.358. The van der Waals surface area contributed by atoms with Gasteiger partial charge in [-0.25, -0.2) is 0 Å². The molecule has 132 valence electrons. The van der Waals surface area contributed by atoms with Gasteiger partial charge in [0.15, 0.2) is 0 Å². The van der Waals surface area contributed by atoms with Gasteiger partial charge in [-0.3, -0.25) is 14.9 Å². The number of nitrogens with zero attached hydrogens (tertiary/aromatic N) is 1. The zero-order valence-electron chi connectivity index (χ0n) is 14.0. The Morgan fingerprint density at radius 2 is 1.83 bits per heavy atom. The maximum Gasteiger partial charge on any atom is 0.269 e. The molecule has 0 unspecified atom stereocenters. The van der Waals surface area contributed by atoms with Gasteiger partial charge in [-0.1, -0.05) is 31.4 Å². The smallest absolute Gasteiger partial charge is 0.269 e. The molecule has 0 saturated heterocycles. The van der Waals surface area contributed by atoms with Crippen LogP contribution >= 0.6 is 0 Å². The Kier molecular flexibility index (Phi) is 6.73. The zero-order valence-corrected chi connectivity index (χ0v) is 14.0. The third-order valence-electron chi connectivity index (χ3n) is 4.64. The number of carbonyl (C=O) groups excluding carboxylic acids is 1. The number of nitro groups is 1. The van der Waals surface area contributed by atoms with E-state index in [-0.39, 0.29) is 18.0 Å². The highest BCUT2D eigenvalue weighted by atomic mass is 16.6. The van der Waals surface area contributed by atoms with Gasteiger partial charge in [0.05, 0.1) is 16.9 Å². The van der Waals surface area contributed by atoms with E-state index >= 15 is 0 Å². The summed E-state index contributed by atoms with van der Waals surface area (Å²) in [4.78, 5) is 22.1. The molecule has 1 amide bonds. The van der Waals surface area contributed by atoms with Crippen molar-refractivity contribution in [2.24, 2.45) is 0 Å². The minimum absolute atomic E-state index is 0.0743. The molecule has 0 bridgehead atoms. The van der Waals surface area contributed by atoms with Crippen LogP contribution in [0.5, 0.6) is 0 Å². The molecule has 0 aliphatic heterocycles. The van der Waals surface area contributed by atoms with Gasteiger partial charge in [0.1, 0.15) is 0 Å². The molecule has 0 spiro atoms. The number of aryl methyl sites for hydroxylation is 1. The maximum atomic E-state index is 11.9. The highest BCUT2D eigenvalue weighted by molar-refractivity contribution is 5.76. The Morgan fingerprint density at radius 3 is 2.46 bits per heavy atom. The number of hydrogen-bond acceptors (Lipinski definition) is 4. The van der Waals surface area contributed by atoms with E-state index in [4.69, 9.17) is 0 Å². The van der Waals surface area contributed by atoms with E-state index in [1.165, 1.54) is 12.1 Å². The fraction of sp³-hybridized carbons (Fsp3) is 0.611. The van der Waals surface area contributed by atoms with Crippen molar-refractivity contribution < 1.29 is 14.8 Å². The van der Waals surface area contributed by atoms with Gasteiger partial charge < -0.3 is 10.4 Å². The van der Waals surface area contributed by atoms with Crippen LogP contribution in [0.15, 0.2) is 24.3 Å². The third kappa shape index (κ3) is 5.92. The molecule has 24 heavy (non-hydrogen) atoms. The highest BCUT2D eigenvalue weighted by Crippen LogP contribution is 2.30. The highest BCUT2D eigenvalue weighted by Gasteiger charge is 2.31. The molecule has 0 heterocycles. The van der Waals surface area contributed by atoms with Crippen molar-refractivity contribution in [1.29, 1.82) is 0 Å². The van der Waals surface area contributed by atoms with Gasteiger partial charge in [0.2, 0.25) is 5.91 Å². The fourth-order valence-electron chi connectivity index (χ4n) is 3.21. The number of carbonyl (C=O) groups is 1. The molecule has 1 aliphatic carbocycles. The number of aliphatic hydroxyl groups is 1. The molecule has 2 rings (SSSR count). The zero-order chi connectivity index (χ0) is 17.4. The quantitative estimate of drug-likeness (QED) is 0.434. The molecule has 0 atom stereocenters. The van der Waals surface area contributed by atoms with Crippen molar-refractivity contribution in [2.75, 3.05) is 6.54 Å². The molecule has 0 radical (unpaired) electrons. The summed E-state index contributed by atoms with van der Waals surface area (Å²) in [5.74, 6) is -0.0743. The standard InChI is InChI=1S/C18H26N2O4/c21-17(14-18(22)11-3-1-4-12-18)19-13-5-2-6-15-7-9-16(10-8-15)20(23)24/h7-10,22H,1-6,11-14H2,(H,19,21). The number of nitrogens with one attached hydrogen (secondary N) is 1. The summed E-state index contributed by atoms with van der Waals surface area (Å²) < 4.78 is 0. The van der Waals surface area contributed by atoms with E-state index < -0.39 is 10.5 Å². The minimum atomic E-state index is -0.804. The van der Waals surface area contributed by atoms with Crippen LogP contribution in [-0.2, 0) is 11.2 Å². The first-order chi connectivity index (χ1) is 11.5. The average Bonchev–Trinajstić information content (AvgIpc) is 2.55. The van der Waals surface area contributed by atoms with E-state index in [2.05, 4.69) is 5.32 Å². The van der Waals surface area contributed by atoms with Crippen LogP contribution in [0.2, 0.25) is 0 Å². The van der Waals surface area contributed by atoms with Gasteiger partial charge in [0, 0.05) is 18.7 Å². The molecule has 6 nitrogen and oxygen atoms in total. The molecule has 1 saturated carbocycles. The summed E-state index contributed by atoms with van der Waals surface area (Å²) in [5, 5.41) is 23.8. The third-order valence-corrected chi connectivity index (χ3v) is 4.64. The van der Waals surface area contributed by atoms with E-state index in [9.17, 15) is 20.0 Å². The lowest BCUT2D eigenvalue weighted by atomic mass is 9.82. The largest absolute Gasteiger partial charge is 0.389 e. The van der Waals surface area contributed by atoms with Crippen molar-refractivity contribution in [3.8, 4) is 0 Å². The molecule has 1 fully saturated rings. The van der Waals surface area contributed by atoms with Crippen LogP contribution in [0.1, 0.15) is 56.9 Å². The van der Waals surface area contributed by atoms with Gasteiger partial charge in [-0.2, -0.15) is 0 Å². The maximum absolute atomic E-state index is 11.9. The van der Waals surface area contributed by atoms with E-state index in [1.54, 1.807) is 12.1 Å². The number of rotatable bonds is 8. The lowest BCUT2D eigenvalue weighted by molar-refractivity contribution is -0.384. The SMILES string of the molecule is O=C(CC1(O)CCCCC1)NCCCCc1ccc([N+](=O)[O-])cc1. The molecular formula is C18H26N2O4. The average molecular weight is 334 g/mol. The summed E-state index contributed by atoms with van der Waals surface area (Å²) in [6, 6.07) is 6.58. The second-order valence-electron chi connectivity index (χ2n) is 6.69. The predicted molar refractivity (Wildman–Crippen MR) is 91.7 cm³/mol. The van der Waals surface area contributed by atoms with Crippen LogP contribution in [0, 0.1) is 10.1 Å². The van der Waals surface area contributed by atoms with Gasteiger partial charge in [0.25, 0.3) is 5.69 Å². The Hall–Kier alpha value is -1.95. The lowest BCUT2D eigenvalue weighted by Crippen LogP contribution is -2.38. The first-order valence-electron chi connectivity index (χ1n) is 8.71. The Bertz CT molecular complexity index is 551. The topological polar surface area (TPSA) is 92.5 Å². The van der Waals surface area contributed by atoms with Crippen molar-refractivity contribution in [3.05, 3.63) is 39.9 Å². The molecule has 1 aromatic rings. The van der Waals surface area contributed by atoms with Crippen molar-refractivity contribution in [3.63, 3.8) is 0 Å². The summed E-state index contributed by atoms with van der Waals surface area (Å²) in [6.45, 7) is 0.599. The van der Waals surface area contributed by atoms with E-state index in [1.807, 2.05) is 0 Å². The van der Waals surface area contributed by atoms with Crippen LogP contribution in [0.4, 0.5) is 5.69 Å². The Labute approximate surface area is 142 Å². The van der Waals surface area contributed by atoms with Gasteiger partial charge >= 0.3 is 0 Å². The summed E-state index contributed by atoms with van der Waals surface area (Å²) in [6.07, 6.45) is 7.38. The molecular weight excluding hydrogens is 308 g/mol. The van der Waals surface area contributed by atoms with Crippen molar-refractivity contribution in [1.82, 2.24) is 5.32 Å². The number of amides is 1. The van der Waals surface area contributed by atoms with Gasteiger partial charge in [-0.05, 0) is 37.7 Å². The summed E-state index contributed by atoms with van der Waals surface area (Å²) in [7, 11) is 0. The number of non-ortho nitro benzene ring substituents is 1. The monoisotopic (exact) mass is 334 g/mol. The number of hydrogen-bond donors (Lipinski definition) is 2. The normalized spacial score (nSPS) is 16.5. The summed E-state index contributed by atoms with van der Waals surface area (Å²) >= 11 is 0. The van der Waals surface area contributed by atoms with Crippen LogP contribution in [0.3, 0.4) is 0 Å². The van der Waals surface area contributed by atoms with Crippen molar-refractivity contribution in [2.45, 2.75) is 63.4 Å². The van der Waals surface area contributed by atoms with Gasteiger partial charge in [-0.15, -0.1) is 0 Å². The predicted octanol–water partition coefficient (Wildman–Crippen LogP) is 3.12. The number of nitro benzene ring substituents is 1. The van der Waals surface area contributed by atoms with Crippen LogP contribution < -0.4 is 5.32 Å². The fourth-order valence-corrected chi connectivity index (χ4v) is 3.21. The number of benzene rings is 1. The first-order valence-corrected chi connectivity index (χ1v) is 8.71. The Morgan fingerprint density at radius 1 is 1.17 bits per heavy atom. The minimum Gasteiger partial charge on any atom is -0.389 e. The second-order valence-corrected chi connectivity index (χ2v) is 6.69. The first kappa shape index (κ1) is 18.4. The van der Waals surface area contributed by atoms with E-state index in [0.717, 1.165) is 56.9 Å². The molecule has 1 aliphatic rings.